The van der Waals surface area contributed by atoms with E-state index in [1.54, 1.807) is 7.05 Å². The number of benzene rings is 1. The molecular weight excluding hydrogens is 296 g/mol. The van der Waals surface area contributed by atoms with E-state index in [0.717, 1.165) is 15.8 Å². The third kappa shape index (κ3) is 2.39. The van der Waals surface area contributed by atoms with Crippen molar-refractivity contribution in [3.05, 3.63) is 36.2 Å². The number of sulfonamides is 1. The molecule has 1 N–H and O–H groups in total. The summed E-state index contributed by atoms with van der Waals surface area (Å²) < 4.78 is 29.2. The van der Waals surface area contributed by atoms with Crippen LogP contribution in [0.5, 0.6) is 0 Å². The highest BCUT2D eigenvalue weighted by atomic mass is 32.2. The Kier molecular flexibility index (Phi) is 2.98. The molecule has 3 rings (SSSR count). The molecule has 0 saturated carbocycles. The quantitative estimate of drug-likeness (QED) is 0.804. The summed E-state index contributed by atoms with van der Waals surface area (Å²) in [6.07, 6.45) is 2.75. The van der Waals surface area contributed by atoms with Gasteiger partial charge in [0.05, 0.1) is 16.4 Å². The lowest BCUT2D eigenvalue weighted by molar-refractivity contribution is 0.601. The van der Waals surface area contributed by atoms with Crippen LogP contribution in [0.2, 0.25) is 0 Å². The second-order valence-corrected chi connectivity index (χ2v) is 7.16. The fourth-order valence-corrected chi connectivity index (χ4v) is 3.97. The molecule has 0 fully saturated rings. The number of aryl methyl sites for hydroxylation is 2. The van der Waals surface area contributed by atoms with Crippen molar-refractivity contribution in [2.24, 2.45) is 7.05 Å². The Hall–Kier alpha value is -1.93. The van der Waals surface area contributed by atoms with E-state index in [1.165, 1.54) is 28.4 Å². The predicted molar refractivity (Wildman–Crippen MR) is 78.4 cm³/mol. The third-order valence-corrected chi connectivity index (χ3v) is 5.11. The molecule has 0 aliphatic carbocycles. The number of anilines is 1. The molecule has 8 heteroatoms. The van der Waals surface area contributed by atoms with E-state index in [1.807, 2.05) is 25.1 Å². The average Bonchev–Trinajstić information content (AvgIpc) is 2.94. The Balaban J connectivity index is 1.96. The zero-order valence-corrected chi connectivity index (χ0v) is 12.5. The van der Waals surface area contributed by atoms with Crippen molar-refractivity contribution in [2.75, 3.05) is 4.72 Å². The van der Waals surface area contributed by atoms with Gasteiger partial charge >= 0.3 is 0 Å². The number of nitrogens with one attached hydrogen (secondary N) is 1. The van der Waals surface area contributed by atoms with Crippen molar-refractivity contribution in [1.29, 1.82) is 0 Å². The molecule has 0 radical (unpaired) electrons. The Morgan fingerprint density at radius 1 is 1.35 bits per heavy atom. The summed E-state index contributed by atoms with van der Waals surface area (Å²) in [5.74, 6) is 0. The number of rotatable bonds is 3. The lowest BCUT2D eigenvalue weighted by atomic mass is 10.2. The van der Waals surface area contributed by atoms with Crippen molar-refractivity contribution >= 4 is 36.7 Å². The summed E-state index contributed by atoms with van der Waals surface area (Å²) in [5, 5.41) is 4.22. The minimum Gasteiger partial charge on any atom is -0.274 e. The molecule has 104 valence electrons. The fourth-order valence-electron chi connectivity index (χ4n) is 1.79. The van der Waals surface area contributed by atoms with Gasteiger partial charge in [-0.25, -0.2) is 13.4 Å². The molecule has 0 spiro atoms. The molecule has 3 aromatic rings. The first-order valence-corrected chi connectivity index (χ1v) is 8.13. The van der Waals surface area contributed by atoms with Crippen LogP contribution < -0.4 is 4.72 Å². The van der Waals surface area contributed by atoms with Gasteiger partial charge in [-0.15, -0.1) is 0 Å². The van der Waals surface area contributed by atoms with E-state index < -0.39 is 10.0 Å². The van der Waals surface area contributed by atoms with E-state index in [4.69, 9.17) is 0 Å². The maximum atomic E-state index is 12.2. The Labute approximate surface area is 120 Å². The van der Waals surface area contributed by atoms with Gasteiger partial charge in [-0.05, 0) is 24.6 Å². The SMILES string of the molecule is Cc1ccc2nc(NS(=O)(=O)c3cnn(C)c3)sc2c1. The van der Waals surface area contributed by atoms with Crippen LogP contribution in [0.15, 0.2) is 35.5 Å². The van der Waals surface area contributed by atoms with Crippen LogP contribution in [0.4, 0.5) is 5.13 Å². The Morgan fingerprint density at radius 2 is 2.15 bits per heavy atom. The second-order valence-electron chi connectivity index (χ2n) is 4.45. The maximum absolute atomic E-state index is 12.2. The average molecular weight is 308 g/mol. The van der Waals surface area contributed by atoms with Crippen LogP contribution in [0.3, 0.4) is 0 Å². The predicted octanol–water partition coefficient (Wildman–Crippen LogP) is 2.14. The van der Waals surface area contributed by atoms with E-state index >= 15 is 0 Å². The van der Waals surface area contributed by atoms with Gasteiger partial charge in [-0.3, -0.25) is 9.40 Å². The van der Waals surface area contributed by atoms with Gasteiger partial charge in [0.2, 0.25) is 0 Å². The standard InChI is InChI=1S/C12H12N4O2S2/c1-8-3-4-10-11(5-8)19-12(14-10)15-20(17,18)9-6-13-16(2)7-9/h3-7H,1-2H3,(H,14,15). The first-order chi connectivity index (χ1) is 9.44. The minimum absolute atomic E-state index is 0.121. The lowest BCUT2D eigenvalue weighted by Crippen LogP contribution is -2.11. The van der Waals surface area contributed by atoms with E-state index in [9.17, 15) is 8.42 Å². The molecule has 20 heavy (non-hydrogen) atoms. The fraction of sp³-hybridized carbons (Fsp3) is 0.167. The van der Waals surface area contributed by atoms with Gasteiger partial charge in [0.15, 0.2) is 5.13 Å². The van der Waals surface area contributed by atoms with Crippen LogP contribution in [0.1, 0.15) is 5.56 Å². The van der Waals surface area contributed by atoms with Gasteiger partial charge in [0.1, 0.15) is 4.90 Å². The van der Waals surface area contributed by atoms with Crippen LogP contribution in [0.25, 0.3) is 10.2 Å². The highest BCUT2D eigenvalue weighted by Gasteiger charge is 2.18. The van der Waals surface area contributed by atoms with Crippen LogP contribution in [0, 0.1) is 6.92 Å². The number of thiazole rings is 1. The molecule has 6 nitrogen and oxygen atoms in total. The third-order valence-electron chi connectivity index (χ3n) is 2.76. The lowest BCUT2D eigenvalue weighted by Gasteiger charge is -2.00. The molecule has 0 aliphatic rings. The smallest absolute Gasteiger partial charge is 0.266 e. The number of hydrogen-bond donors (Lipinski definition) is 1. The van der Waals surface area contributed by atoms with Gasteiger partial charge < -0.3 is 0 Å². The summed E-state index contributed by atoms with van der Waals surface area (Å²) in [4.78, 5) is 4.39. The topological polar surface area (TPSA) is 76.9 Å². The molecule has 0 saturated heterocycles. The largest absolute Gasteiger partial charge is 0.274 e. The molecule has 2 heterocycles. The maximum Gasteiger partial charge on any atom is 0.266 e. The molecule has 0 unspecified atom stereocenters. The van der Waals surface area contributed by atoms with Crippen molar-refractivity contribution in [2.45, 2.75) is 11.8 Å². The first-order valence-electron chi connectivity index (χ1n) is 5.83. The van der Waals surface area contributed by atoms with Crippen molar-refractivity contribution < 1.29 is 8.42 Å². The van der Waals surface area contributed by atoms with Gasteiger partial charge in [-0.2, -0.15) is 5.10 Å². The monoisotopic (exact) mass is 308 g/mol. The molecule has 0 bridgehead atoms. The number of aromatic nitrogens is 3. The van der Waals surface area contributed by atoms with E-state index in [2.05, 4.69) is 14.8 Å². The normalized spacial score (nSPS) is 11.9. The van der Waals surface area contributed by atoms with Crippen molar-refractivity contribution in [3.63, 3.8) is 0 Å². The zero-order chi connectivity index (χ0) is 14.3. The van der Waals surface area contributed by atoms with E-state index in [0.29, 0.717) is 5.13 Å². The number of nitrogens with zero attached hydrogens (tertiary/aromatic N) is 3. The van der Waals surface area contributed by atoms with Crippen molar-refractivity contribution in [3.8, 4) is 0 Å². The summed E-state index contributed by atoms with van der Waals surface area (Å²) >= 11 is 1.31. The summed E-state index contributed by atoms with van der Waals surface area (Å²) in [7, 11) is -1.97. The molecule has 0 atom stereocenters. The summed E-state index contributed by atoms with van der Waals surface area (Å²) in [6, 6.07) is 5.80. The highest BCUT2D eigenvalue weighted by molar-refractivity contribution is 7.93. The van der Waals surface area contributed by atoms with Crippen LogP contribution in [-0.4, -0.2) is 23.2 Å². The molecule has 2 aromatic heterocycles. The highest BCUT2D eigenvalue weighted by Crippen LogP contribution is 2.28. The molecule has 1 aromatic carbocycles. The number of hydrogen-bond acceptors (Lipinski definition) is 5. The van der Waals surface area contributed by atoms with Crippen LogP contribution in [-0.2, 0) is 17.1 Å². The van der Waals surface area contributed by atoms with Gasteiger partial charge in [0.25, 0.3) is 10.0 Å². The summed E-state index contributed by atoms with van der Waals surface area (Å²) in [5.41, 5.74) is 1.90. The van der Waals surface area contributed by atoms with Gasteiger partial charge in [-0.1, -0.05) is 17.4 Å². The molecular formula is C12H12N4O2S2. The Morgan fingerprint density at radius 3 is 2.85 bits per heavy atom. The Bertz CT molecular complexity index is 880. The summed E-state index contributed by atoms with van der Waals surface area (Å²) in [6.45, 7) is 1.98. The van der Waals surface area contributed by atoms with Crippen LogP contribution >= 0.6 is 11.3 Å². The molecule has 0 amide bonds. The van der Waals surface area contributed by atoms with Gasteiger partial charge in [0, 0.05) is 13.2 Å². The second kappa shape index (κ2) is 4.57. The van der Waals surface area contributed by atoms with Crippen molar-refractivity contribution in [1.82, 2.24) is 14.8 Å². The minimum atomic E-state index is -3.64. The first kappa shape index (κ1) is 13.1. The zero-order valence-electron chi connectivity index (χ0n) is 10.9. The molecule has 0 aliphatic heterocycles. The number of fused-ring (bicyclic) bond motifs is 1. The van der Waals surface area contributed by atoms with E-state index in [-0.39, 0.29) is 4.90 Å².